The number of quaternary nitrogens is 1. The summed E-state index contributed by atoms with van der Waals surface area (Å²) in [6, 6.07) is 8.31. The van der Waals surface area contributed by atoms with E-state index in [2.05, 4.69) is 30.8 Å². The summed E-state index contributed by atoms with van der Waals surface area (Å²) in [6.45, 7) is 4.17. The number of piperidine rings is 1. The fraction of sp³-hybridized carbons (Fsp3) is 0.314. The number of amides is 1. The Morgan fingerprint density at radius 2 is 1.78 bits per heavy atom. The van der Waals surface area contributed by atoms with Crippen LogP contribution in [0.5, 0.6) is 0 Å². The number of hydrogen-bond donors (Lipinski definition) is 4. The summed E-state index contributed by atoms with van der Waals surface area (Å²) in [7, 11) is 0. The topological polar surface area (TPSA) is 177 Å². The van der Waals surface area contributed by atoms with Gasteiger partial charge in [-0.25, -0.2) is 23.5 Å². The number of hydrogen-bond acceptors (Lipinski definition) is 8. The minimum Gasteiger partial charge on any atom is -0.544 e. The molecule has 1 saturated heterocycles. The number of H-pyrrole nitrogens is 1. The van der Waals surface area contributed by atoms with Crippen LogP contribution >= 0.6 is 0 Å². The van der Waals surface area contributed by atoms with Crippen molar-refractivity contribution in [3.63, 3.8) is 0 Å². The van der Waals surface area contributed by atoms with Gasteiger partial charge in [0, 0.05) is 65.4 Å². The molecule has 13 nitrogen and oxygen atoms in total. The van der Waals surface area contributed by atoms with Gasteiger partial charge in [-0.3, -0.25) is 14.3 Å². The van der Waals surface area contributed by atoms with E-state index in [1.54, 1.807) is 29.7 Å². The maximum Gasteiger partial charge on any atom is 0.359 e. The molecular weight excluding hydrogens is 650 g/mol. The Hall–Kier alpha value is -5.70. The number of halogens is 2. The predicted octanol–water partition coefficient (Wildman–Crippen LogP) is 3.47. The molecule has 15 heteroatoms. The van der Waals surface area contributed by atoms with Crippen molar-refractivity contribution < 1.29 is 37.9 Å². The average Bonchev–Trinajstić information content (AvgIpc) is 3.71. The maximum atomic E-state index is 15.4. The van der Waals surface area contributed by atoms with E-state index in [4.69, 9.17) is 0 Å². The van der Waals surface area contributed by atoms with Crippen LogP contribution in [0.1, 0.15) is 41.4 Å². The lowest BCUT2D eigenvalue weighted by atomic mass is 9.94. The van der Waals surface area contributed by atoms with Crippen LogP contribution in [-0.2, 0) is 16.0 Å². The average molecular weight is 687 g/mol. The largest absolute Gasteiger partial charge is 0.544 e. The first-order valence-corrected chi connectivity index (χ1v) is 16.2. The third-order valence-electron chi connectivity index (χ3n) is 9.41. The van der Waals surface area contributed by atoms with E-state index < -0.39 is 23.6 Å². The molecule has 3 aromatic heterocycles. The first-order chi connectivity index (χ1) is 24.0. The number of nitrogens with one attached hydrogen (secondary N) is 3. The van der Waals surface area contributed by atoms with Gasteiger partial charge in [0.25, 0.3) is 5.91 Å². The highest BCUT2D eigenvalue weighted by molar-refractivity contribution is 5.96. The Bertz CT molecular complexity index is 2070. The summed E-state index contributed by atoms with van der Waals surface area (Å²) in [6.07, 6.45) is 7.76. The van der Waals surface area contributed by atoms with Gasteiger partial charge in [-0.1, -0.05) is 13.0 Å². The van der Waals surface area contributed by atoms with Crippen molar-refractivity contribution in [2.24, 2.45) is 5.92 Å². The van der Waals surface area contributed by atoms with Crippen molar-refractivity contribution in [2.45, 2.75) is 33.1 Å². The zero-order valence-electron chi connectivity index (χ0n) is 27.5. The fourth-order valence-corrected chi connectivity index (χ4v) is 6.74. The molecule has 0 saturated carbocycles. The molecule has 1 fully saturated rings. The first kappa shape index (κ1) is 34.2. The van der Waals surface area contributed by atoms with Gasteiger partial charge in [0.2, 0.25) is 0 Å². The van der Waals surface area contributed by atoms with Gasteiger partial charge in [0.15, 0.2) is 29.6 Å². The number of aromatic nitrogens is 5. The van der Waals surface area contributed by atoms with Crippen LogP contribution < -0.4 is 15.7 Å². The van der Waals surface area contributed by atoms with Crippen LogP contribution in [-0.4, -0.2) is 84.7 Å². The van der Waals surface area contributed by atoms with Crippen molar-refractivity contribution in [3.05, 3.63) is 83.6 Å². The highest BCUT2D eigenvalue weighted by Crippen LogP contribution is 2.34. The lowest BCUT2D eigenvalue weighted by Gasteiger charge is -2.42. The van der Waals surface area contributed by atoms with Crippen LogP contribution in [0.15, 0.2) is 55.1 Å². The molecule has 260 valence electrons. The van der Waals surface area contributed by atoms with Crippen LogP contribution in [0.25, 0.3) is 28.0 Å². The Labute approximate surface area is 285 Å². The molecule has 0 bridgehead atoms. The monoisotopic (exact) mass is 686 g/mol. The molecular formula is C35H36F2N8O5. The molecule has 4 N–H and O–H groups in total. The van der Waals surface area contributed by atoms with Crippen molar-refractivity contribution in [3.8, 4) is 22.4 Å². The van der Waals surface area contributed by atoms with Crippen LogP contribution in [0.2, 0.25) is 0 Å². The first-order valence-electron chi connectivity index (χ1n) is 16.2. The number of benzene rings is 2. The van der Waals surface area contributed by atoms with Crippen LogP contribution in [0.3, 0.4) is 0 Å². The second-order valence-electron chi connectivity index (χ2n) is 12.7. The van der Waals surface area contributed by atoms with E-state index in [-0.39, 0.29) is 40.5 Å². The van der Waals surface area contributed by atoms with Crippen molar-refractivity contribution in [2.75, 3.05) is 38.0 Å². The minimum absolute atomic E-state index is 0.0325. The second-order valence-corrected chi connectivity index (χ2v) is 12.7. The summed E-state index contributed by atoms with van der Waals surface area (Å²) >= 11 is 0. The number of aromatic amines is 1. The SMILES string of the molecule is CCc1cc(Nc2nccn3c(-c4ccc(-c5cn[nH]c5C)c(F)c4F)cnc23)ccc1C(=O)NCC1CC[N+](CC(=O)[O-])(CC(=O)O)CC1. The Morgan fingerprint density at radius 1 is 1.04 bits per heavy atom. The van der Waals surface area contributed by atoms with Gasteiger partial charge in [-0.05, 0) is 49.1 Å². The van der Waals surface area contributed by atoms with Gasteiger partial charge in [0.05, 0.1) is 37.1 Å². The summed E-state index contributed by atoms with van der Waals surface area (Å²) < 4.78 is 32.2. The molecule has 6 rings (SSSR count). The molecule has 1 aliphatic heterocycles. The summed E-state index contributed by atoms with van der Waals surface area (Å²) in [5, 5.41) is 33.4. The van der Waals surface area contributed by atoms with Gasteiger partial charge in [-0.15, -0.1) is 0 Å². The molecule has 0 spiro atoms. The number of carbonyl (C=O) groups excluding carboxylic acids is 2. The number of aryl methyl sites for hydroxylation is 2. The van der Waals surface area contributed by atoms with Gasteiger partial charge < -0.3 is 30.1 Å². The van der Waals surface area contributed by atoms with Gasteiger partial charge >= 0.3 is 5.97 Å². The maximum absolute atomic E-state index is 15.4. The fourth-order valence-electron chi connectivity index (χ4n) is 6.74. The van der Waals surface area contributed by atoms with E-state index in [1.807, 2.05) is 13.0 Å². The molecule has 2 aromatic carbocycles. The van der Waals surface area contributed by atoms with E-state index in [0.717, 1.165) is 5.56 Å². The third-order valence-corrected chi connectivity index (χ3v) is 9.41. The highest BCUT2D eigenvalue weighted by atomic mass is 19.2. The number of carboxylic acids is 2. The highest BCUT2D eigenvalue weighted by Gasteiger charge is 2.36. The molecule has 0 radical (unpaired) electrons. The molecule has 0 aliphatic carbocycles. The standard InChI is InChI=1S/C35H36F2N8O5/c1-3-22-14-23(4-5-24(22)35(50)40-15-21-8-12-45(13-9-21,18-29(46)47)19-30(48)49)42-33-34-39-17-28(44(34)11-10-38-33)26-7-6-25(31(36)32(26)37)27-16-41-43-20(27)2/h4-7,10-11,14,16-17,21H,3,8-9,12-13,15,18-19H2,1-2H3,(H4-,38,40,41,42,43,46,47,48,49,50). The van der Waals surface area contributed by atoms with Crippen LogP contribution in [0.4, 0.5) is 20.3 Å². The number of carbonyl (C=O) groups is 3. The van der Waals surface area contributed by atoms with Crippen molar-refractivity contribution >= 4 is 35.0 Å². The number of anilines is 2. The Balaban J connectivity index is 1.15. The van der Waals surface area contributed by atoms with E-state index in [9.17, 15) is 24.6 Å². The molecule has 1 aliphatic rings. The predicted molar refractivity (Wildman–Crippen MR) is 177 cm³/mol. The molecule has 0 atom stereocenters. The molecule has 4 heterocycles. The lowest BCUT2D eigenvalue weighted by Crippen LogP contribution is -2.60. The lowest BCUT2D eigenvalue weighted by molar-refractivity contribution is -0.921. The van der Waals surface area contributed by atoms with E-state index in [1.165, 1.54) is 30.7 Å². The number of rotatable bonds is 12. The summed E-state index contributed by atoms with van der Waals surface area (Å²) in [5.41, 5.74) is 3.87. The van der Waals surface area contributed by atoms with Crippen LogP contribution in [0, 0.1) is 24.5 Å². The number of fused-ring (bicyclic) bond motifs is 1. The normalized spacial score (nSPS) is 17.5. The number of aliphatic carboxylic acids is 2. The van der Waals surface area contributed by atoms with Crippen molar-refractivity contribution in [1.29, 1.82) is 0 Å². The quantitative estimate of drug-likeness (QED) is 0.143. The molecule has 1 amide bonds. The van der Waals surface area contributed by atoms with E-state index in [0.29, 0.717) is 78.6 Å². The number of carboxylic acid groups (broad SMARTS) is 2. The minimum atomic E-state index is -1.28. The number of imidazole rings is 1. The smallest absolute Gasteiger partial charge is 0.359 e. The zero-order chi connectivity index (χ0) is 35.6. The molecule has 0 unspecified atom stereocenters. The van der Waals surface area contributed by atoms with Gasteiger partial charge in [0.1, 0.15) is 6.54 Å². The number of likely N-dealkylation sites (tertiary alicyclic amines) is 1. The Kier molecular flexibility index (Phi) is 9.59. The molecule has 50 heavy (non-hydrogen) atoms. The second kappa shape index (κ2) is 14.0. The molecule has 5 aromatic rings. The third kappa shape index (κ3) is 6.89. The Morgan fingerprint density at radius 3 is 2.46 bits per heavy atom. The van der Waals surface area contributed by atoms with Gasteiger partial charge in [-0.2, -0.15) is 5.10 Å². The zero-order valence-corrected chi connectivity index (χ0v) is 27.5. The van der Waals surface area contributed by atoms with Crippen molar-refractivity contribution in [1.82, 2.24) is 29.9 Å². The van der Waals surface area contributed by atoms with E-state index >= 15 is 8.78 Å². The summed E-state index contributed by atoms with van der Waals surface area (Å²) in [5.74, 6) is -4.13. The number of nitrogens with zero attached hydrogens (tertiary/aromatic N) is 5. The summed E-state index contributed by atoms with van der Waals surface area (Å²) in [4.78, 5) is 44.7.